The highest BCUT2D eigenvalue weighted by atomic mass is 19.1. The second-order valence-electron chi connectivity index (χ2n) is 5.76. The fraction of sp³-hybridized carbons (Fsp3) is 0.294. The maximum Gasteiger partial charge on any atom is 0.257 e. The van der Waals surface area contributed by atoms with Gasteiger partial charge >= 0.3 is 0 Å². The summed E-state index contributed by atoms with van der Waals surface area (Å²) in [7, 11) is 0. The van der Waals surface area contributed by atoms with E-state index in [2.05, 4.69) is 4.98 Å². The summed E-state index contributed by atoms with van der Waals surface area (Å²) in [4.78, 5) is 17.8. The van der Waals surface area contributed by atoms with Gasteiger partial charge in [0.1, 0.15) is 11.6 Å². The molecular weight excluding hydrogens is 299 g/mol. The summed E-state index contributed by atoms with van der Waals surface area (Å²) in [5, 5.41) is 19.6. The average Bonchev–Trinajstić information content (AvgIpc) is 2.91. The Bertz CT molecular complexity index is 708. The molecule has 3 rings (SSSR count). The summed E-state index contributed by atoms with van der Waals surface area (Å²) >= 11 is 0. The molecular formula is C17H17FN2O3. The second kappa shape index (κ2) is 6.34. The molecule has 1 amide bonds. The van der Waals surface area contributed by atoms with Crippen LogP contribution < -0.4 is 0 Å². The number of halogens is 1. The van der Waals surface area contributed by atoms with Gasteiger partial charge in [-0.15, -0.1) is 0 Å². The molecule has 2 aromatic rings. The van der Waals surface area contributed by atoms with E-state index < -0.39 is 17.8 Å². The maximum atomic E-state index is 13.8. The number of benzene rings is 1. The number of aliphatic hydroxyl groups excluding tert-OH is 1. The topological polar surface area (TPSA) is 73.7 Å². The molecule has 0 saturated carbocycles. The summed E-state index contributed by atoms with van der Waals surface area (Å²) in [6.07, 6.45) is 3.33. The van der Waals surface area contributed by atoms with Gasteiger partial charge in [0.25, 0.3) is 5.91 Å². The fourth-order valence-corrected chi connectivity index (χ4v) is 2.89. The predicted octanol–water partition coefficient (Wildman–Crippen LogP) is 1.60. The molecule has 2 unspecified atom stereocenters. The normalized spacial score (nSPS) is 20.7. The number of carbonyl (C=O) groups is 1. The van der Waals surface area contributed by atoms with E-state index in [9.17, 15) is 19.4 Å². The summed E-state index contributed by atoms with van der Waals surface area (Å²) in [6, 6.07) is 7.10. The summed E-state index contributed by atoms with van der Waals surface area (Å²) in [5.74, 6) is -1.47. The molecule has 0 aliphatic carbocycles. The largest absolute Gasteiger partial charge is 0.508 e. The zero-order valence-electron chi connectivity index (χ0n) is 12.4. The minimum Gasteiger partial charge on any atom is -0.508 e. The summed E-state index contributed by atoms with van der Waals surface area (Å²) < 4.78 is 13.8. The molecule has 2 N–H and O–H groups in total. The van der Waals surface area contributed by atoms with Crippen LogP contribution in [0.15, 0.2) is 42.7 Å². The Morgan fingerprint density at radius 3 is 2.74 bits per heavy atom. The van der Waals surface area contributed by atoms with E-state index in [1.54, 1.807) is 12.4 Å². The zero-order chi connectivity index (χ0) is 16.4. The Labute approximate surface area is 133 Å². The highest BCUT2D eigenvalue weighted by molar-refractivity contribution is 5.95. The monoisotopic (exact) mass is 316 g/mol. The number of rotatable bonds is 3. The fourth-order valence-electron chi connectivity index (χ4n) is 2.89. The van der Waals surface area contributed by atoms with Gasteiger partial charge in [0.15, 0.2) is 0 Å². The second-order valence-corrected chi connectivity index (χ2v) is 5.76. The quantitative estimate of drug-likeness (QED) is 0.902. The number of pyridine rings is 1. The number of aromatic hydroxyl groups is 1. The van der Waals surface area contributed by atoms with E-state index in [1.165, 1.54) is 11.0 Å². The standard InChI is InChI=1S/C17H17FN2O3/c18-15-2-1-13(21)8-14(15)17(23)20-9-12(16(22)10-20)7-11-3-5-19-6-4-11/h1-6,8,12,16,21-22H,7,9-10H2. The molecule has 23 heavy (non-hydrogen) atoms. The molecule has 0 bridgehead atoms. The van der Waals surface area contributed by atoms with Gasteiger partial charge < -0.3 is 15.1 Å². The first-order valence-corrected chi connectivity index (χ1v) is 7.39. The van der Waals surface area contributed by atoms with E-state index in [1.807, 2.05) is 12.1 Å². The Hall–Kier alpha value is -2.47. The highest BCUT2D eigenvalue weighted by Crippen LogP contribution is 2.25. The minimum atomic E-state index is -0.681. The van der Waals surface area contributed by atoms with Crippen molar-refractivity contribution in [2.75, 3.05) is 13.1 Å². The molecule has 1 aromatic carbocycles. The SMILES string of the molecule is O=C(c1cc(O)ccc1F)N1CC(O)C(Cc2ccncc2)C1. The third-order valence-electron chi connectivity index (χ3n) is 4.12. The zero-order valence-corrected chi connectivity index (χ0v) is 12.4. The van der Waals surface area contributed by atoms with Crippen LogP contribution in [0.5, 0.6) is 5.75 Å². The third kappa shape index (κ3) is 3.32. The van der Waals surface area contributed by atoms with Crippen LogP contribution in [-0.2, 0) is 6.42 Å². The van der Waals surface area contributed by atoms with Crippen LogP contribution in [0, 0.1) is 11.7 Å². The molecule has 1 fully saturated rings. The molecule has 5 nitrogen and oxygen atoms in total. The molecule has 1 aromatic heterocycles. The molecule has 120 valence electrons. The van der Waals surface area contributed by atoms with Crippen molar-refractivity contribution in [2.45, 2.75) is 12.5 Å². The first kappa shape index (κ1) is 15.4. The Kier molecular flexibility index (Phi) is 4.25. The number of phenols is 1. The van der Waals surface area contributed by atoms with Gasteiger partial charge in [0.05, 0.1) is 11.7 Å². The van der Waals surface area contributed by atoms with E-state index in [4.69, 9.17) is 0 Å². The number of nitrogens with zero attached hydrogens (tertiary/aromatic N) is 2. The maximum absolute atomic E-state index is 13.8. The lowest BCUT2D eigenvalue weighted by Gasteiger charge is -2.16. The van der Waals surface area contributed by atoms with Crippen LogP contribution in [0.25, 0.3) is 0 Å². The summed E-state index contributed by atoms with van der Waals surface area (Å²) in [5.41, 5.74) is 0.851. The Morgan fingerprint density at radius 1 is 1.26 bits per heavy atom. The number of amides is 1. The van der Waals surface area contributed by atoms with Crippen molar-refractivity contribution in [3.05, 3.63) is 59.7 Å². The number of phenolic OH excluding ortho intramolecular Hbond substituents is 1. The molecule has 1 saturated heterocycles. The van der Waals surface area contributed by atoms with Crippen molar-refractivity contribution in [3.63, 3.8) is 0 Å². The van der Waals surface area contributed by atoms with Crippen molar-refractivity contribution in [2.24, 2.45) is 5.92 Å². The first-order valence-electron chi connectivity index (χ1n) is 7.39. The minimum absolute atomic E-state index is 0.110. The van der Waals surface area contributed by atoms with Crippen LogP contribution >= 0.6 is 0 Å². The van der Waals surface area contributed by atoms with Gasteiger partial charge in [0.2, 0.25) is 0 Å². The molecule has 2 heterocycles. The van der Waals surface area contributed by atoms with Crippen molar-refractivity contribution >= 4 is 5.91 Å². The molecule has 1 aliphatic heterocycles. The van der Waals surface area contributed by atoms with E-state index in [-0.39, 0.29) is 23.8 Å². The molecule has 1 aliphatic rings. The van der Waals surface area contributed by atoms with E-state index in [0.717, 1.165) is 17.7 Å². The van der Waals surface area contributed by atoms with Gasteiger partial charge in [-0.05, 0) is 42.3 Å². The van der Waals surface area contributed by atoms with Crippen LogP contribution in [-0.4, -0.2) is 45.2 Å². The number of aromatic nitrogens is 1. The third-order valence-corrected chi connectivity index (χ3v) is 4.12. The number of β-amino-alcohol motifs (C(OH)–C–C–N with tert-alkyl or cyclic N) is 1. The number of likely N-dealkylation sites (tertiary alicyclic amines) is 1. The Balaban J connectivity index is 1.73. The van der Waals surface area contributed by atoms with Crippen molar-refractivity contribution in [1.29, 1.82) is 0 Å². The van der Waals surface area contributed by atoms with Gasteiger partial charge in [0, 0.05) is 31.4 Å². The van der Waals surface area contributed by atoms with E-state index >= 15 is 0 Å². The van der Waals surface area contributed by atoms with Crippen LogP contribution in [0.4, 0.5) is 4.39 Å². The van der Waals surface area contributed by atoms with Crippen LogP contribution in [0.2, 0.25) is 0 Å². The first-order chi connectivity index (χ1) is 11.0. The molecule has 6 heteroatoms. The van der Waals surface area contributed by atoms with Gasteiger partial charge in [-0.3, -0.25) is 9.78 Å². The lowest BCUT2D eigenvalue weighted by Crippen LogP contribution is -2.30. The van der Waals surface area contributed by atoms with Crippen LogP contribution in [0.1, 0.15) is 15.9 Å². The highest BCUT2D eigenvalue weighted by Gasteiger charge is 2.35. The van der Waals surface area contributed by atoms with Crippen molar-refractivity contribution < 1.29 is 19.4 Å². The lowest BCUT2D eigenvalue weighted by atomic mass is 9.97. The predicted molar refractivity (Wildman–Crippen MR) is 81.4 cm³/mol. The number of hydrogen-bond donors (Lipinski definition) is 2. The summed E-state index contributed by atoms with van der Waals surface area (Å²) in [6.45, 7) is 0.501. The smallest absolute Gasteiger partial charge is 0.257 e. The van der Waals surface area contributed by atoms with Crippen LogP contribution in [0.3, 0.4) is 0 Å². The molecule has 2 atom stereocenters. The van der Waals surface area contributed by atoms with Gasteiger partial charge in [-0.1, -0.05) is 0 Å². The van der Waals surface area contributed by atoms with Crippen molar-refractivity contribution in [3.8, 4) is 5.75 Å². The van der Waals surface area contributed by atoms with Gasteiger partial charge in [-0.25, -0.2) is 4.39 Å². The lowest BCUT2D eigenvalue weighted by molar-refractivity contribution is 0.0759. The van der Waals surface area contributed by atoms with Crippen molar-refractivity contribution in [1.82, 2.24) is 9.88 Å². The van der Waals surface area contributed by atoms with Gasteiger partial charge in [-0.2, -0.15) is 0 Å². The number of carbonyl (C=O) groups excluding carboxylic acids is 1. The molecule has 0 spiro atoms. The number of aliphatic hydroxyl groups is 1. The number of hydrogen-bond acceptors (Lipinski definition) is 4. The Morgan fingerprint density at radius 2 is 2.00 bits per heavy atom. The average molecular weight is 316 g/mol. The molecule has 0 radical (unpaired) electrons. The van der Waals surface area contributed by atoms with E-state index in [0.29, 0.717) is 13.0 Å².